The van der Waals surface area contributed by atoms with Crippen molar-refractivity contribution < 1.29 is 27.8 Å². The highest BCUT2D eigenvalue weighted by molar-refractivity contribution is 9.10. The fourth-order valence-corrected chi connectivity index (χ4v) is 1.97. The van der Waals surface area contributed by atoms with E-state index in [1.165, 1.54) is 25.3 Å². The molecule has 2 N–H and O–H groups in total. The van der Waals surface area contributed by atoms with Crippen LogP contribution in [0.1, 0.15) is 15.9 Å². The molecule has 0 aliphatic rings. The number of halogens is 4. The lowest BCUT2D eigenvalue weighted by molar-refractivity contribution is -0.164. The Balaban J connectivity index is 2.77. The Kier molecular flexibility index (Phi) is 5.97. The van der Waals surface area contributed by atoms with E-state index in [0.717, 1.165) is 0 Å². The average molecular weight is 356 g/mol. The second-order valence-electron chi connectivity index (χ2n) is 3.96. The lowest BCUT2D eigenvalue weighted by Crippen LogP contribution is -2.44. The number of aliphatic hydroxyl groups excluding tert-OH is 1. The molecule has 112 valence electrons. The van der Waals surface area contributed by atoms with E-state index >= 15 is 0 Å². The number of alkyl halides is 3. The van der Waals surface area contributed by atoms with Crippen molar-refractivity contribution in [3.63, 3.8) is 0 Å². The maximum atomic E-state index is 12.4. The van der Waals surface area contributed by atoms with Crippen LogP contribution in [0.2, 0.25) is 0 Å². The highest BCUT2D eigenvalue weighted by atomic mass is 79.9. The van der Waals surface area contributed by atoms with Crippen LogP contribution in [-0.4, -0.2) is 37.0 Å². The third-order valence-electron chi connectivity index (χ3n) is 2.59. The van der Waals surface area contributed by atoms with Crippen LogP contribution in [0.4, 0.5) is 13.2 Å². The van der Waals surface area contributed by atoms with Gasteiger partial charge in [-0.25, -0.2) is 4.79 Å². The Morgan fingerprint density at radius 1 is 1.50 bits per heavy atom. The first kappa shape index (κ1) is 16.9. The molecule has 0 amide bonds. The molecule has 0 aliphatic carbocycles. The second-order valence-corrected chi connectivity index (χ2v) is 4.81. The van der Waals surface area contributed by atoms with Gasteiger partial charge in [0.05, 0.1) is 19.3 Å². The molecule has 20 heavy (non-hydrogen) atoms. The number of rotatable bonds is 5. The summed E-state index contributed by atoms with van der Waals surface area (Å²) in [6.07, 6.45) is -4.52. The summed E-state index contributed by atoms with van der Waals surface area (Å²) < 4.78 is 42.3. The van der Waals surface area contributed by atoms with E-state index in [1.807, 2.05) is 0 Å². The smallest absolute Gasteiger partial charge is 0.406 e. The van der Waals surface area contributed by atoms with Crippen molar-refractivity contribution in [2.45, 2.75) is 18.8 Å². The molecule has 0 aliphatic heterocycles. The van der Waals surface area contributed by atoms with Crippen molar-refractivity contribution in [2.75, 3.05) is 13.7 Å². The van der Waals surface area contributed by atoms with Crippen LogP contribution in [0, 0.1) is 0 Å². The minimum Gasteiger partial charge on any atom is -0.465 e. The summed E-state index contributed by atoms with van der Waals surface area (Å²) in [5.41, 5.74) is 0.818. The van der Waals surface area contributed by atoms with Crippen LogP contribution >= 0.6 is 15.9 Å². The molecule has 1 aromatic rings. The second kappa shape index (κ2) is 7.05. The van der Waals surface area contributed by atoms with Crippen LogP contribution in [0.5, 0.6) is 0 Å². The first-order chi connectivity index (χ1) is 9.29. The van der Waals surface area contributed by atoms with Gasteiger partial charge < -0.3 is 15.2 Å². The normalized spacial score (nSPS) is 13.1. The molecule has 1 atom stereocenters. The molecule has 0 saturated heterocycles. The van der Waals surface area contributed by atoms with E-state index in [4.69, 9.17) is 5.11 Å². The highest BCUT2D eigenvalue weighted by Crippen LogP contribution is 2.22. The summed E-state index contributed by atoms with van der Waals surface area (Å²) in [5.74, 6) is -0.534. The first-order valence-electron chi connectivity index (χ1n) is 5.57. The quantitative estimate of drug-likeness (QED) is 0.795. The third-order valence-corrected chi connectivity index (χ3v) is 3.33. The Morgan fingerprint density at radius 3 is 2.60 bits per heavy atom. The van der Waals surface area contributed by atoms with Crippen LogP contribution in [-0.2, 0) is 11.3 Å². The lowest BCUT2D eigenvalue weighted by Gasteiger charge is -2.19. The maximum absolute atomic E-state index is 12.4. The maximum Gasteiger partial charge on any atom is 0.406 e. The van der Waals surface area contributed by atoms with Crippen LogP contribution in [0.3, 0.4) is 0 Å². The molecule has 0 saturated carbocycles. The molecule has 0 aromatic heterocycles. The highest BCUT2D eigenvalue weighted by Gasteiger charge is 2.38. The number of hydrogen-bond donors (Lipinski definition) is 2. The van der Waals surface area contributed by atoms with Crippen molar-refractivity contribution in [3.8, 4) is 0 Å². The zero-order valence-electron chi connectivity index (χ0n) is 10.5. The summed E-state index contributed by atoms with van der Waals surface area (Å²) >= 11 is 3.18. The fourth-order valence-electron chi connectivity index (χ4n) is 1.45. The molecule has 1 aromatic carbocycles. The number of hydrogen-bond acceptors (Lipinski definition) is 4. The molecular weight excluding hydrogens is 343 g/mol. The van der Waals surface area contributed by atoms with Gasteiger partial charge in [0.2, 0.25) is 0 Å². The Bertz CT molecular complexity index is 480. The third kappa shape index (κ3) is 4.46. The molecule has 8 heteroatoms. The molecule has 0 fully saturated rings. The van der Waals surface area contributed by atoms with Gasteiger partial charge in [0.15, 0.2) is 0 Å². The summed E-state index contributed by atoms with van der Waals surface area (Å²) in [6, 6.07) is 2.43. The van der Waals surface area contributed by atoms with Crippen molar-refractivity contribution in [3.05, 3.63) is 33.8 Å². The van der Waals surface area contributed by atoms with E-state index in [1.54, 1.807) is 0 Å². The van der Waals surface area contributed by atoms with E-state index in [0.29, 0.717) is 10.0 Å². The summed E-state index contributed by atoms with van der Waals surface area (Å²) in [5, 5.41) is 10.9. The van der Waals surface area contributed by atoms with E-state index in [-0.39, 0.29) is 12.1 Å². The Labute approximate surface area is 122 Å². The molecule has 1 rings (SSSR count). The largest absolute Gasteiger partial charge is 0.465 e. The van der Waals surface area contributed by atoms with Crippen molar-refractivity contribution in [1.29, 1.82) is 0 Å². The van der Waals surface area contributed by atoms with Gasteiger partial charge in [0, 0.05) is 11.0 Å². The van der Waals surface area contributed by atoms with Gasteiger partial charge in [-0.1, -0.05) is 22.0 Å². The number of aliphatic hydroxyl groups is 1. The minimum atomic E-state index is -4.52. The van der Waals surface area contributed by atoms with E-state index in [9.17, 15) is 18.0 Å². The summed E-state index contributed by atoms with van der Waals surface area (Å²) in [6.45, 7) is -1.14. The van der Waals surface area contributed by atoms with Gasteiger partial charge in [-0.3, -0.25) is 0 Å². The molecule has 0 heterocycles. The van der Waals surface area contributed by atoms with E-state index in [2.05, 4.69) is 26.0 Å². The minimum absolute atomic E-state index is 0.104. The zero-order valence-corrected chi connectivity index (χ0v) is 12.1. The summed E-state index contributed by atoms with van der Waals surface area (Å²) in [7, 11) is 1.24. The van der Waals surface area contributed by atoms with Gasteiger partial charge >= 0.3 is 12.1 Å². The average Bonchev–Trinajstić information content (AvgIpc) is 2.38. The van der Waals surface area contributed by atoms with Crippen molar-refractivity contribution in [2.24, 2.45) is 0 Å². The van der Waals surface area contributed by atoms with Gasteiger partial charge in [-0.15, -0.1) is 0 Å². The first-order valence-corrected chi connectivity index (χ1v) is 6.36. The van der Waals surface area contributed by atoms with Crippen LogP contribution in [0.25, 0.3) is 0 Å². The number of carbonyl (C=O) groups excluding carboxylic acids is 1. The van der Waals surface area contributed by atoms with Gasteiger partial charge in [-0.05, 0) is 17.7 Å². The van der Waals surface area contributed by atoms with Gasteiger partial charge in [-0.2, -0.15) is 13.2 Å². The summed E-state index contributed by atoms with van der Waals surface area (Å²) in [4.78, 5) is 11.3. The standard InChI is InChI=1S/C12H13BrF3NO3/c1-20-11(19)7-2-3-8(9(13)4-7)5-17-10(6-18)12(14,15)16/h2-4,10,17-18H,5-6H2,1H3. The van der Waals surface area contributed by atoms with Crippen LogP contribution < -0.4 is 5.32 Å². The number of nitrogens with one attached hydrogen (secondary N) is 1. The SMILES string of the molecule is COC(=O)c1ccc(CNC(CO)C(F)(F)F)c(Br)c1. The predicted molar refractivity (Wildman–Crippen MR) is 69.3 cm³/mol. The number of benzene rings is 1. The monoisotopic (exact) mass is 355 g/mol. The Morgan fingerprint density at radius 2 is 2.15 bits per heavy atom. The van der Waals surface area contributed by atoms with Crippen molar-refractivity contribution in [1.82, 2.24) is 5.32 Å². The molecule has 1 unspecified atom stereocenters. The number of ether oxygens (including phenoxy) is 1. The number of carbonyl (C=O) groups is 1. The fraction of sp³-hybridized carbons (Fsp3) is 0.417. The predicted octanol–water partition coefficient (Wildman–Crippen LogP) is 2.25. The van der Waals surface area contributed by atoms with Gasteiger partial charge in [0.25, 0.3) is 0 Å². The molecular formula is C12H13BrF3NO3. The lowest BCUT2D eigenvalue weighted by atomic mass is 10.1. The van der Waals surface area contributed by atoms with E-state index < -0.39 is 24.8 Å². The zero-order chi connectivity index (χ0) is 15.3. The van der Waals surface area contributed by atoms with Gasteiger partial charge in [0.1, 0.15) is 6.04 Å². The van der Waals surface area contributed by atoms with Crippen LogP contribution in [0.15, 0.2) is 22.7 Å². The molecule has 0 spiro atoms. The molecule has 4 nitrogen and oxygen atoms in total. The molecule has 0 bridgehead atoms. The number of esters is 1. The topological polar surface area (TPSA) is 58.6 Å². The van der Waals surface area contributed by atoms with Crippen molar-refractivity contribution >= 4 is 21.9 Å². The molecule has 0 radical (unpaired) electrons. The number of methoxy groups -OCH3 is 1. The Hall–Kier alpha value is -1.12.